The lowest BCUT2D eigenvalue weighted by molar-refractivity contribution is -0.137. The van der Waals surface area contributed by atoms with Gasteiger partial charge in [0.25, 0.3) is 0 Å². The van der Waals surface area contributed by atoms with Crippen molar-refractivity contribution >= 4 is 5.91 Å². The Balaban J connectivity index is 2.45. The van der Waals surface area contributed by atoms with Gasteiger partial charge in [-0.15, -0.1) is 0 Å². The zero-order valence-electron chi connectivity index (χ0n) is 11.3. The van der Waals surface area contributed by atoms with Crippen LogP contribution in [0.3, 0.4) is 0 Å². The van der Waals surface area contributed by atoms with Crippen molar-refractivity contribution in [2.45, 2.75) is 33.1 Å². The van der Waals surface area contributed by atoms with Crippen molar-refractivity contribution in [3.8, 4) is 0 Å². The van der Waals surface area contributed by atoms with Crippen LogP contribution in [0.4, 0.5) is 0 Å². The normalized spacial score (nSPS) is 19.4. The molecule has 0 spiro atoms. The van der Waals surface area contributed by atoms with Crippen LogP contribution in [-0.2, 0) is 4.79 Å². The zero-order valence-corrected chi connectivity index (χ0v) is 11.3. The highest BCUT2D eigenvalue weighted by Crippen LogP contribution is 2.15. The Morgan fingerprint density at radius 2 is 1.82 bits per heavy atom. The van der Waals surface area contributed by atoms with Gasteiger partial charge in [0.05, 0.1) is 0 Å². The summed E-state index contributed by atoms with van der Waals surface area (Å²) in [6.07, 6.45) is 2.87. The predicted octanol–water partition coefficient (Wildman–Crippen LogP) is 0.916. The highest BCUT2D eigenvalue weighted by atomic mass is 16.2. The van der Waals surface area contributed by atoms with E-state index in [2.05, 4.69) is 18.7 Å². The molecule has 17 heavy (non-hydrogen) atoms. The van der Waals surface area contributed by atoms with E-state index in [0.717, 1.165) is 52.0 Å². The van der Waals surface area contributed by atoms with E-state index in [1.807, 2.05) is 4.90 Å². The first-order valence-electron chi connectivity index (χ1n) is 6.94. The quantitative estimate of drug-likeness (QED) is 0.752. The fraction of sp³-hybridized carbons (Fsp3) is 0.923. The maximum Gasteiger partial charge on any atom is 0.225 e. The molecule has 4 heteroatoms. The first kappa shape index (κ1) is 14.5. The van der Waals surface area contributed by atoms with Gasteiger partial charge in [-0.2, -0.15) is 0 Å². The summed E-state index contributed by atoms with van der Waals surface area (Å²) in [5.41, 5.74) is 5.59. The molecular formula is C13H27N3O. The summed E-state index contributed by atoms with van der Waals surface area (Å²) < 4.78 is 0. The van der Waals surface area contributed by atoms with Gasteiger partial charge in [-0.25, -0.2) is 0 Å². The number of amides is 1. The van der Waals surface area contributed by atoms with Gasteiger partial charge >= 0.3 is 0 Å². The van der Waals surface area contributed by atoms with E-state index in [1.165, 1.54) is 0 Å². The summed E-state index contributed by atoms with van der Waals surface area (Å²) in [4.78, 5) is 16.7. The summed E-state index contributed by atoms with van der Waals surface area (Å²) in [6, 6.07) is 0. The molecule has 1 atom stereocenters. The van der Waals surface area contributed by atoms with E-state index in [1.54, 1.807) is 0 Å². The number of likely N-dealkylation sites (N-methyl/N-ethyl adjacent to an activating group) is 1. The number of piperazine rings is 1. The van der Waals surface area contributed by atoms with Gasteiger partial charge in [-0.05, 0) is 25.9 Å². The number of rotatable bonds is 6. The molecule has 0 saturated carbocycles. The SMILES string of the molecule is CCCC(CCN)C(=O)N1CCN(CC)CC1. The first-order chi connectivity index (χ1) is 8.22. The maximum absolute atomic E-state index is 12.3. The number of carbonyl (C=O) groups excluding carboxylic acids is 1. The third-order valence-corrected chi connectivity index (χ3v) is 3.63. The number of nitrogens with zero attached hydrogens (tertiary/aromatic N) is 2. The lowest BCUT2D eigenvalue weighted by Crippen LogP contribution is -2.50. The third-order valence-electron chi connectivity index (χ3n) is 3.63. The second-order valence-corrected chi connectivity index (χ2v) is 4.82. The summed E-state index contributed by atoms with van der Waals surface area (Å²) in [7, 11) is 0. The first-order valence-corrected chi connectivity index (χ1v) is 6.94. The minimum atomic E-state index is 0.151. The largest absolute Gasteiger partial charge is 0.340 e. The van der Waals surface area contributed by atoms with Crippen LogP contribution in [0.1, 0.15) is 33.1 Å². The monoisotopic (exact) mass is 241 g/mol. The molecule has 0 aromatic carbocycles. The Labute approximate surface area is 105 Å². The van der Waals surface area contributed by atoms with E-state index in [-0.39, 0.29) is 5.92 Å². The van der Waals surface area contributed by atoms with Crippen molar-refractivity contribution in [1.29, 1.82) is 0 Å². The van der Waals surface area contributed by atoms with Crippen LogP contribution in [0.2, 0.25) is 0 Å². The van der Waals surface area contributed by atoms with Crippen LogP contribution in [0.25, 0.3) is 0 Å². The lowest BCUT2D eigenvalue weighted by Gasteiger charge is -2.36. The average Bonchev–Trinajstić information content (AvgIpc) is 2.38. The molecule has 0 aromatic heterocycles. The van der Waals surface area contributed by atoms with Crippen molar-refractivity contribution in [3.05, 3.63) is 0 Å². The van der Waals surface area contributed by atoms with Gasteiger partial charge in [0, 0.05) is 32.1 Å². The Hall–Kier alpha value is -0.610. The molecule has 0 radical (unpaired) electrons. The molecule has 1 saturated heterocycles. The van der Waals surface area contributed by atoms with Crippen LogP contribution in [-0.4, -0.2) is 55.0 Å². The standard InChI is InChI=1S/C13H27N3O/c1-3-5-12(6-7-14)13(17)16-10-8-15(4-2)9-11-16/h12H,3-11,14H2,1-2H3. The van der Waals surface area contributed by atoms with Crippen molar-refractivity contribution < 1.29 is 4.79 Å². The van der Waals surface area contributed by atoms with Crippen LogP contribution in [0.15, 0.2) is 0 Å². The molecule has 1 fully saturated rings. The Kier molecular flexibility index (Phi) is 6.52. The van der Waals surface area contributed by atoms with E-state index >= 15 is 0 Å². The molecule has 1 unspecified atom stereocenters. The highest BCUT2D eigenvalue weighted by Gasteiger charge is 2.25. The van der Waals surface area contributed by atoms with Gasteiger partial charge < -0.3 is 15.5 Å². The van der Waals surface area contributed by atoms with Crippen molar-refractivity contribution in [3.63, 3.8) is 0 Å². The smallest absolute Gasteiger partial charge is 0.225 e. The van der Waals surface area contributed by atoms with E-state index in [9.17, 15) is 4.79 Å². The molecule has 1 heterocycles. The molecule has 1 amide bonds. The summed E-state index contributed by atoms with van der Waals surface area (Å²) >= 11 is 0. The maximum atomic E-state index is 12.3. The fourth-order valence-corrected chi connectivity index (χ4v) is 2.48. The van der Waals surface area contributed by atoms with Gasteiger partial charge in [-0.1, -0.05) is 20.3 Å². The van der Waals surface area contributed by atoms with Crippen LogP contribution < -0.4 is 5.73 Å². The number of hydrogen-bond acceptors (Lipinski definition) is 3. The van der Waals surface area contributed by atoms with E-state index in [4.69, 9.17) is 5.73 Å². The number of carbonyl (C=O) groups is 1. The summed E-state index contributed by atoms with van der Waals surface area (Å²) in [6.45, 7) is 9.81. The molecule has 1 rings (SSSR count). The Morgan fingerprint density at radius 1 is 1.18 bits per heavy atom. The third kappa shape index (κ3) is 4.28. The van der Waals surface area contributed by atoms with Gasteiger partial charge in [-0.3, -0.25) is 4.79 Å². The molecule has 2 N–H and O–H groups in total. The van der Waals surface area contributed by atoms with Crippen LogP contribution >= 0.6 is 0 Å². The summed E-state index contributed by atoms with van der Waals surface area (Å²) in [5.74, 6) is 0.478. The second-order valence-electron chi connectivity index (χ2n) is 4.82. The van der Waals surface area contributed by atoms with Crippen LogP contribution in [0.5, 0.6) is 0 Å². The Morgan fingerprint density at radius 3 is 2.29 bits per heavy atom. The lowest BCUT2D eigenvalue weighted by atomic mass is 9.98. The molecule has 0 bridgehead atoms. The molecule has 0 aliphatic carbocycles. The minimum absolute atomic E-state index is 0.151. The number of nitrogens with two attached hydrogens (primary N) is 1. The molecule has 1 aliphatic heterocycles. The highest BCUT2D eigenvalue weighted by molar-refractivity contribution is 5.79. The van der Waals surface area contributed by atoms with Gasteiger partial charge in [0.1, 0.15) is 0 Å². The van der Waals surface area contributed by atoms with Crippen molar-refractivity contribution in [2.75, 3.05) is 39.3 Å². The topological polar surface area (TPSA) is 49.6 Å². The molecule has 100 valence electrons. The second kappa shape index (κ2) is 7.67. The van der Waals surface area contributed by atoms with E-state index < -0.39 is 0 Å². The van der Waals surface area contributed by atoms with Crippen LogP contribution in [0, 0.1) is 5.92 Å². The molecule has 1 aliphatic rings. The van der Waals surface area contributed by atoms with Gasteiger partial charge in [0.15, 0.2) is 0 Å². The average molecular weight is 241 g/mol. The molecular weight excluding hydrogens is 214 g/mol. The summed E-state index contributed by atoms with van der Waals surface area (Å²) in [5, 5.41) is 0. The fourth-order valence-electron chi connectivity index (χ4n) is 2.48. The Bertz CT molecular complexity index is 219. The predicted molar refractivity (Wildman–Crippen MR) is 70.8 cm³/mol. The molecule has 4 nitrogen and oxygen atoms in total. The van der Waals surface area contributed by atoms with E-state index in [0.29, 0.717) is 12.5 Å². The van der Waals surface area contributed by atoms with Crippen molar-refractivity contribution in [1.82, 2.24) is 9.80 Å². The zero-order chi connectivity index (χ0) is 12.7. The van der Waals surface area contributed by atoms with Crippen molar-refractivity contribution in [2.24, 2.45) is 11.7 Å². The van der Waals surface area contributed by atoms with Gasteiger partial charge in [0.2, 0.25) is 5.91 Å². The number of hydrogen-bond donors (Lipinski definition) is 1. The minimum Gasteiger partial charge on any atom is -0.340 e. The molecule has 0 aromatic rings.